The van der Waals surface area contributed by atoms with Gasteiger partial charge in [0.2, 0.25) is 11.2 Å². The van der Waals surface area contributed by atoms with Gasteiger partial charge in [-0.25, -0.2) is 14.4 Å². The molecule has 2 saturated carbocycles. The van der Waals surface area contributed by atoms with Crippen molar-refractivity contribution in [3.63, 3.8) is 0 Å². The summed E-state index contributed by atoms with van der Waals surface area (Å²) in [5.41, 5.74) is -7.72. The van der Waals surface area contributed by atoms with E-state index in [4.69, 9.17) is 28.1 Å². The molecule has 2 aliphatic carbocycles. The first kappa shape index (κ1) is 30.7. The van der Waals surface area contributed by atoms with Crippen LogP contribution < -0.4 is 10.4 Å². The minimum absolute atomic E-state index is 0.118. The van der Waals surface area contributed by atoms with Crippen molar-refractivity contribution in [1.82, 2.24) is 0 Å². The highest BCUT2D eigenvalue weighted by Gasteiger charge is 2.78. The van der Waals surface area contributed by atoms with Crippen LogP contribution in [0.3, 0.4) is 0 Å². The van der Waals surface area contributed by atoms with Gasteiger partial charge in [-0.15, -0.1) is 0 Å². The molecule has 3 aliphatic heterocycles. The summed E-state index contributed by atoms with van der Waals surface area (Å²) in [6.07, 6.45) is -1.27. The molecule has 0 unspecified atom stereocenters. The predicted octanol–water partition coefficient (Wildman–Crippen LogP) is 5.01. The molecule has 11 nitrogen and oxygen atoms in total. The van der Waals surface area contributed by atoms with Crippen LogP contribution in [0.5, 0.6) is 5.75 Å². The summed E-state index contributed by atoms with van der Waals surface area (Å²) >= 11 is 0. The fourth-order valence-corrected chi connectivity index (χ4v) is 8.75. The van der Waals surface area contributed by atoms with Gasteiger partial charge in [0.05, 0.1) is 16.4 Å². The van der Waals surface area contributed by atoms with Crippen LogP contribution in [0.2, 0.25) is 0 Å². The first-order valence-electron chi connectivity index (χ1n) is 15.8. The zero-order valence-corrected chi connectivity index (χ0v) is 27.7. The third kappa shape index (κ3) is 3.31. The maximum absolute atomic E-state index is 14.4. The Morgan fingerprint density at radius 3 is 1.74 bits per heavy atom. The lowest BCUT2D eigenvalue weighted by molar-refractivity contribution is -0.217. The average Bonchev–Trinajstić information content (AvgIpc) is 3.42. The van der Waals surface area contributed by atoms with Gasteiger partial charge in [-0.1, -0.05) is 27.7 Å². The third-order valence-electron chi connectivity index (χ3n) is 13.0. The standard InChI is InChI=1S/C35H40O11/c1-17-16-20(36)41-22-18(17)10-11-19-21(22)23(42-27(39)34-14-12-32(8,25(37)45-34)30(34,4)5)24(29(2,3)44-19)43-28(40)35-15-13-33(9,26(38)46-35)31(35,6)7/h10-11,16,23-24H,12-15H2,1-9H3/t23-,24-,32+,33+,34+,35+/m1/s1. The van der Waals surface area contributed by atoms with Crippen LogP contribution in [0.4, 0.5) is 0 Å². The number of aryl methyl sites for hydroxylation is 1. The van der Waals surface area contributed by atoms with Crippen molar-refractivity contribution in [3.8, 4) is 5.75 Å². The van der Waals surface area contributed by atoms with Crippen LogP contribution in [0, 0.1) is 28.6 Å². The van der Waals surface area contributed by atoms with Gasteiger partial charge in [0.25, 0.3) is 0 Å². The lowest BCUT2D eigenvalue weighted by Crippen LogP contribution is -2.57. The van der Waals surface area contributed by atoms with E-state index < -0.39 is 80.2 Å². The van der Waals surface area contributed by atoms with Crippen molar-refractivity contribution in [1.29, 1.82) is 0 Å². The number of esters is 4. The van der Waals surface area contributed by atoms with E-state index in [9.17, 15) is 24.0 Å². The molecular weight excluding hydrogens is 596 g/mol. The van der Waals surface area contributed by atoms with E-state index in [1.165, 1.54) is 6.07 Å². The van der Waals surface area contributed by atoms with Gasteiger partial charge in [0, 0.05) is 22.3 Å². The lowest BCUT2D eigenvalue weighted by Gasteiger charge is -2.45. The summed E-state index contributed by atoms with van der Waals surface area (Å²) in [7, 11) is 0. The Morgan fingerprint density at radius 2 is 1.26 bits per heavy atom. The average molecular weight is 637 g/mol. The van der Waals surface area contributed by atoms with Crippen LogP contribution >= 0.6 is 0 Å². The fourth-order valence-electron chi connectivity index (χ4n) is 8.75. The number of carbonyl (C=O) groups is 4. The molecule has 4 fully saturated rings. The lowest BCUT2D eigenvalue weighted by atomic mass is 9.66. The van der Waals surface area contributed by atoms with Crippen molar-refractivity contribution >= 4 is 34.8 Å². The van der Waals surface area contributed by atoms with Crippen molar-refractivity contribution < 1.29 is 47.3 Å². The molecule has 0 N–H and O–H groups in total. The van der Waals surface area contributed by atoms with E-state index in [-0.39, 0.29) is 29.7 Å². The largest absolute Gasteiger partial charge is 0.483 e. The van der Waals surface area contributed by atoms with E-state index >= 15 is 0 Å². The van der Waals surface area contributed by atoms with Gasteiger partial charge in [-0.3, -0.25) is 9.59 Å². The minimum atomic E-state index is -1.59. The van der Waals surface area contributed by atoms with Crippen LogP contribution in [0.1, 0.15) is 98.3 Å². The quantitative estimate of drug-likeness (QED) is 0.254. The zero-order valence-electron chi connectivity index (χ0n) is 27.7. The highest BCUT2D eigenvalue weighted by Crippen LogP contribution is 2.67. The van der Waals surface area contributed by atoms with Gasteiger partial charge in [0.1, 0.15) is 16.9 Å². The molecule has 0 spiro atoms. The van der Waals surface area contributed by atoms with Gasteiger partial charge in [-0.2, -0.15) is 0 Å². The van der Waals surface area contributed by atoms with Crippen LogP contribution in [0.15, 0.2) is 27.4 Å². The summed E-state index contributed by atoms with van der Waals surface area (Å²) < 4.78 is 36.5. The number of benzene rings is 1. The Kier molecular flexibility index (Phi) is 5.83. The summed E-state index contributed by atoms with van der Waals surface area (Å²) in [4.78, 5) is 67.5. The second kappa shape index (κ2) is 8.72. The molecule has 4 heterocycles. The molecule has 2 saturated heterocycles. The number of hydrogen-bond acceptors (Lipinski definition) is 11. The molecular formula is C35H40O11. The molecule has 46 heavy (non-hydrogen) atoms. The molecule has 2 aromatic rings. The van der Waals surface area contributed by atoms with Crippen molar-refractivity contribution in [2.24, 2.45) is 21.7 Å². The van der Waals surface area contributed by atoms with Crippen molar-refractivity contribution in [2.45, 2.75) is 117 Å². The van der Waals surface area contributed by atoms with Crippen molar-refractivity contribution in [3.05, 3.63) is 39.7 Å². The smallest absolute Gasteiger partial charge is 0.351 e. The highest BCUT2D eigenvalue weighted by atomic mass is 16.7. The Bertz CT molecular complexity index is 1830. The molecule has 4 bridgehead atoms. The molecule has 0 radical (unpaired) electrons. The third-order valence-corrected chi connectivity index (χ3v) is 13.0. The molecule has 0 amide bonds. The Balaban J connectivity index is 1.37. The van der Waals surface area contributed by atoms with E-state index in [0.717, 1.165) is 0 Å². The molecule has 1 aromatic carbocycles. The Hall–Kier alpha value is -3.89. The van der Waals surface area contributed by atoms with E-state index in [0.29, 0.717) is 23.8 Å². The van der Waals surface area contributed by atoms with Crippen LogP contribution in [-0.2, 0) is 38.1 Å². The van der Waals surface area contributed by atoms with Gasteiger partial charge in [0.15, 0.2) is 12.2 Å². The SMILES string of the molecule is Cc1cc(=O)oc2c3c(ccc12)OC(C)(C)[C@H](OC(=O)[C@]12CC[C@@](C)(C(=O)O1)C2(C)C)[C@@H]3OC(=O)[C@]12CC[C@@](C)(C(=O)O1)C2(C)C. The second-order valence-electron chi connectivity index (χ2n) is 15.8. The van der Waals surface area contributed by atoms with Gasteiger partial charge < -0.3 is 28.1 Å². The number of rotatable bonds is 4. The van der Waals surface area contributed by atoms with Crippen LogP contribution in [-0.4, -0.2) is 46.8 Å². The summed E-state index contributed by atoms with van der Waals surface area (Å²) in [5, 5.41) is 0.572. The zero-order chi connectivity index (χ0) is 33.6. The van der Waals surface area contributed by atoms with E-state index in [2.05, 4.69) is 0 Å². The maximum atomic E-state index is 14.4. The first-order valence-corrected chi connectivity index (χ1v) is 15.8. The predicted molar refractivity (Wildman–Crippen MR) is 161 cm³/mol. The second-order valence-corrected chi connectivity index (χ2v) is 15.8. The molecule has 246 valence electrons. The number of fused-ring (bicyclic) bond motifs is 7. The molecule has 1 aromatic heterocycles. The highest BCUT2D eigenvalue weighted by molar-refractivity contribution is 5.95. The monoisotopic (exact) mass is 636 g/mol. The first-order chi connectivity index (χ1) is 21.2. The summed E-state index contributed by atoms with van der Waals surface area (Å²) in [5.74, 6) is -2.25. The van der Waals surface area contributed by atoms with Crippen LogP contribution in [0.25, 0.3) is 11.0 Å². The van der Waals surface area contributed by atoms with E-state index in [1.807, 2.05) is 27.7 Å². The van der Waals surface area contributed by atoms with Gasteiger partial charge >= 0.3 is 29.5 Å². The Labute approximate surface area is 266 Å². The molecule has 11 heteroatoms. The molecule has 7 rings (SSSR count). The fraction of sp³-hybridized carbons (Fsp3) is 0.629. The normalized spacial score (nSPS) is 37.3. The number of ether oxygens (including phenoxy) is 5. The van der Waals surface area contributed by atoms with Crippen molar-refractivity contribution in [2.75, 3.05) is 0 Å². The molecule has 6 atom stereocenters. The minimum Gasteiger partial charge on any atom is -0.483 e. The summed E-state index contributed by atoms with van der Waals surface area (Å²) in [6, 6.07) is 4.79. The Morgan fingerprint density at radius 1 is 0.739 bits per heavy atom. The topological polar surface area (TPSA) is 145 Å². The molecule has 5 aliphatic rings. The maximum Gasteiger partial charge on any atom is 0.351 e. The summed E-state index contributed by atoms with van der Waals surface area (Å²) in [6.45, 7) is 16.0. The van der Waals surface area contributed by atoms with Gasteiger partial charge in [-0.05, 0) is 78.0 Å². The van der Waals surface area contributed by atoms with E-state index in [1.54, 1.807) is 46.8 Å². The number of carbonyl (C=O) groups excluding carboxylic acids is 4. The number of hydrogen-bond donors (Lipinski definition) is 0.